The lowest BCUT2D eigenvalue weighted by Crippen LogP contribution is -2.32. The summed E-state index contributed by atoms with van der Waals surface area (Å²) >= 11 is 0. The van der Waals surface area contributed by atoms with Crippen molar-refractivity contribution in [2.75, 3.05) is 12.4 Å². The fourth-order valence-electron chi connectivity index (χ4n) is 1.94. The van der Waals surface area contributed by atoms with Crippen LogP contribution in [0.2, 0.25) is 0 Å². The molecule has 1 atom stereocenters. The second kappa shape index (κ2) is 8.05. The average Bonchev–Trinajstić information content (AvgIpc) is 2.61. The van der Waals surface area contributed by atoms with Gasteiger partial charge in [-0.3, -0.25) is 4.79 Å². The Morgan fingerprint density at radius 2 is 2.04 bits per heavy atom. The van der Waals surface area contributed by atoms with Gasteiger partial charge in [0, 0.05) is 17.8 Å². The number of benzene rings is 1. The Labute approximate surface area is 140 Å². The van der Waals surface area contributed by atoms with Crippen molar-refractivity contribution in [2.45, 2.75) is 26.3 Å². The molecule has 0 fully saturated rings. The van der Waals surface area contributed by atoms with Crippen LogP contribution in [0, 0.1) is 0 Å². The van der Waals surface area contributed by atoms with Crippen molar-refractivity contribution in [1.82, 2.24) is 15.3 Å². The molecule has 0 bridgehead atoms. The largest absolute Gasteiger partial charge is 0.465 e. The van der Waals surface area contributed by atoms with E-state index in [2.05, 4.69) is 20.6 Å². The first-order valence-corrected chi connectivity index (χ1v) is 7.61. The monoisotopic (exact) mass is 328 g/mol. The van der Waals surface area contributed by atoms with Gasteiger partial charge in [-0.05, 0) is 31.5 Å². The maximum Gasteiger partial charge on any atom is 0.337 e. The first kappa shape index (κ1) is 17.4. The molecule has 0 aliphatic heterocycles. The molecule has 0 saturated heterocycles. The van der Waals surface area contributed by atoms with Crippen molar-refractivity contribution >= 4 is 23.4 Å². The Kier molecular flexibility index (Phi) is 5.83. The highest BCUT2D eigenvalue weighted by atomic mass is 16.5. The number of ether oxygens (including phenoxy) is 1. The van der Waals surface area contributed by atoms with E-state index in [9.17, 15) is 9.59 Å². The summed E-state index contributed by atoms with van der Waals surface area (Å²) in [6.07, 6.45) is 2.15. The number of nitrogens with zero attached hydrogens (tertiary/aromatic N) is 2. The lowest BCUT2D eigenvalue weighted by Gasteiger charge is -2.11. The van der Waals surface area contributed by atoms with E-state index in [1.165, 1.54) is 13.4 Å². The number of hydrogen-bond acceptors (Lipinski definition) is 6. The average molecular weight is 328 g/mol. The van der Waals surface area contributed by atoms with Crippen molar-refractivity contribution in [3.8, 4) is 0 Å². The second-order valence-corrected chi connectivity index (χ2v) is 5.27. The quantitative estimate of drug-likeness (QED) is 0.792. The zero-order valence-corrected chi connectivity index (χ0v) is 13.9. The number of esters is 1. The minimum Gasteiger partial charge on any atom is -0.465 e. The van der Waals surface area contributed by atoms with Gasteiger partial charge in [-0.1, -0.05) is 13.0 Å². The predicted molar refractivity (Wildman–Crippen MR) is 90.3 cm³/mol. The van der Waals surface area contributed by atoms with Crippen molar-refractivity contribution in [2.24, 2.45) is 0 Å². The van der Waals surface area contributed by atoms with Crippen LogP contribution < -0.4 is 10.6 Å². The van der Waals surface area contributed by atoms with Crippen molar-refractivity contribution in [3.63, 3.8) is 0 Å². The number of amides is 1. The lowest BCUT2D eigenvalue weighted by atomic mass is 10.2. The van der Waals surface area contributed by atoms with Crippen LogP contribution in [0.25, 0.3) is 0 Å². The smallest absolute Gasteiger partial charge is 0.337 e. The van der Waals surface area contributed by atoms with Gasteiger partial charge in [-0.25, -0.2) is 14.8 Å². The first-order valence-electron chi connectivity index (χ1n) is 7.61. The minimum absolute atomic E-state index is 0.0700. The Balaban J connectivity index is 2.15. The molecule has 1 unspecified atom stereocenters. The summed E-state index contributed by atoms with van der Waals surface area (Å²) < 4.78 is 4.69. The van der Waals surface area contributed by atoms with Crippen LogP contribution in [-0.2, 0) is 4.74 Å². The predicted octanol–water partition coefficient (Wildman–Crippen LogP) is 2.54. The molecular formula is C17H20N4O3. The molecule has 1 amide bonds. The van der Waals surface area contributed by atoms with Crippen LogP contribution in [0.3, 0.4) is 0 Å². The minimum atomic E-state index is -0.421. The Bertz CT molecular complexity index is 733. The van der Waals surface area contributed by atoms with Crippen LogP contribution in [0.1, 0.15) is 41.1 Å². The van der Waals surface area contributed by atoms with Crippen LogP contribution >= 0.6 is 0 Å². The molecule has 0 aliphatic carbocycles. The van der Waals surface area contributed by atoms with Crippen LogP contribution in [0.5, 0.6) is 0 Å². The van der Waals surface area contributed by atoms with Gasteiger partial charge in [0.05, 0.1) is 12.7 Å². The number of methoxy groups -OCH3 is 1. The Hall–Kier alpha value is -2.96. The third kappa shape index (κ3) is 4.52. The van der Waals surface area contributed by atoms with Gasteiger partial charge in [0.2, 0.25) is 0 Å². The molecule has 0 radical (unpaired) electrons. The number of carbonyl (C=O) groups excluding carboxylic acids is 2. The lowest BCUT2D eigenvalue weighted by molar-refractivity contribution is 0.0600. The van der Waals surface area contributed by atoms with E-state index in [1.54, 1.807) is 30.3 Å². The summed E-state index contributed by atoms with van der Waals surface area (Å²) in [5, 5.41) is 5.90. The maximum absolute atomic E-state index is 12.1. The fourth-order valence-corrected chi connectivity index (χ4v) is 1.94. The molecule has 2 rings (SSSR count). The number of aromatic nitrogens is 2. The molecule has 1 aromatic carbocycles. The summed E-state index contributed by atoms with van der Waals surface area (Å²) in [6.45, 7) is 3.92. The Morgan fingerprint density at radius 1 is 1.25 bits per heavy atom. The van der Waals surface area contributed by atoms with Crippen molar-refractivity contribution in [1.29, 1.82) is 0 Å². The number of carbonyl (C=O) groups is 2. The van der Waals surface area contributed by atoms with E-state index in [0.717, 1.165) is 6.42 Å². The summed E-state index contributed by atoms with van der Waals surface area (Å²) in [4.78, 5) is 31.8. The van der Waals surface area contributed by atoms with E-state index < -0.39 is 5.97 Å². The third-order valence-corrected chi connectivity index (χ3v) is 3.45. The Morgan fingerprint density at radius 3 is 2.75 bits per heavy atom. The zero-order valence-electron chi connectivity index (χ0n) is 13.9. The van der Waals surface area contributed by atoms with Gasteiger partial charge in [0.15, 0.2) is 0 Å². The van der Waals surface area contributed by atoms with Crippen LogP contribution in [0.15, 0.2) is 36.7 Å². The number of anilines is 2. The summed E-state index contributed by atoms with van der Waals surface area (Å²) in [5.41, 5.74) is 1.35. The molecule has 2 N–H and O–H groups in total. The van der Waals surface area contributed by atoms with Crippen molar-refractivity contribution in [3.05, 3.63) is 47.9 Å². The van der Waals surface area contributed by atoms with Crippen LogP contribution in [0.4, 0.5) is 11.5 Å². The molecule has 1 heterocycles. The highest BCUT2D eigenvalue weighted by molar-refractivity contribution is 5.93. The molecule has 0 spiro atoms. The number of nitrogens with one attached hydrogen (secondary N) is 2. The molecule has 1 aromatic heterocycles. The summed E-state index contributed by atoms with van der Waals surface area (Å²) in [5.74, 6) is -0.214. The molecule has 0 aliphatic rings. The standard InChI is InChI=1S/C17H20N4O3/c1-4-11(2)20-16(22)14-9-15(19-10-18-14)21-13-7-5-6-12(8-13)17(23)24-3/h5-11H,4H2,1-3H3,(H,20,22)(H,18,19,21). The van der Waals surface area contributed by atoms with E-state index in [-0.39, 0.29) is 17.6 Å². The zero-order chi connectivity index (χ0) is 17.5. The summed E-state index contributed by atoms with van der Waals surface area (Å²) in [6, 6.07) is 8.44. The normalized spacial score (nSPS) is 11.5. The van der Waals surface area contributed by atoms with Gasteiger partial charge < -0.3 is 15.4 Å². The van der Waals surface area contributed by atoms with Crippen LogP contribution in [-0.4, -0.2) is 35.0 Å². The highest BCUT2D eigenvalue weighted by Gasteiger charge is 2.11. The molecule has 2 aromatic rings. The molecule has 7 heteroatoms. The van der Waals surface area contributed by atoms with E-state index in [0.29, 0.717) is 17.1 Å². The summed E-state index contributed by atoms with van der Waals surface area (Å²) in [7, 11) is 1.33. The topological polar surface area (TPSA) is 93.2 Å². The molecule has 126 valence electrons. The van der Waals surface area contributed by atoms with Gasteiger partial charge in [0.25, 0.3) is 5.91 Å². The third-order valence-electron chi connectivity index (χ3n) is 3.45. The van der Waals surface area contributed by atoms with E-state index >= 15 is 0 Å². The van der Waals surface area contributed by atoms with E-state index in [1.807, 2.05) is 13.8 Å². The second-order valence-electron chi connectivity index (χ2n) is 5.27. The van der Waals surface area contributed by atoms with Gasteiger partial charge in [-0.15, -0.1) is 0 Å². The number of hydrogen-bond donors (Lipinski definition) is 2. The molecular weight excluding hydrogens is 308 g/mol. The van der Waals surface area contributed by atoms with Gasteiger partial charge in [0.1, 0.15) is 17.8 Å². The molecule has 0 saturated carbocycles. The van der Waals surface area contributed by atoms with Gasteiger partial charge in [-0.2, -0.15) is 0 Å². The maximum atomic E-state index is 12.1. The first-order chi connectivity index (χ1) is 11.5. The highest BCUT2D eigenvalue weighted by Crippen LogP contribution is 2.17. The molecule has 24 heavy (non-hydrogen) atoms. The SMILES string of the molecule is CCC(C)NC(=O)c1cc(Nc2cccc(C(=O)OC)c2)ncn1. The fraction of sp³-hybridized carbons (Fsp3) is 0.294. The van der Waals surface area contributed by atoms with E-state index in [4.69, 9.17) is 4.74 Å². The molecule has 7 nitrogen and oxygen atoms in total. The van der Waals surface area contributed by atoms with Gasteiger partial charge >= 0.3 is 5.97 Å². The number of rotatable bonds is 6. The van der Waals surface area contributed by atoms with Crippen molar-refractivity contribution < 1.29 is 14.3 Å².